The topological polar surface area (TPSA) is 90.9 Å². The molecule has 0 unspecified atom stereocenters. The smallest absolute Gasteiger partial charge is 0.408 e. The second-order valence-electron chi connectivity index (χ2n) is 4.53. The molecule has 1 aromatic rings. The summed E-state index contributed by atoms with van der Waals surface area (Å²) in [6.07, 6.45) is -1.14. The Balaban J connectivity index is 2.43. The second kappa shape index (κ2) is 8.68. The van der Waals surface area contributed by atoms with Gasteiger partial charge in [0.25, 0.3) is 0 Å². The molecule has 0 radical (unpaired) electrons. The van der Waals surface area contributed by atoms with E-state index in [4.69, 9.17) is 4.74 Å². The van der Waals surface area contributed by atoms with E-state index in [1.807, 2.05) is 30.3 Å². The van der Waals surface area contributed by atoms with Crippen molar-refractivity contribution in [3.8, 4) is 0 Å². The molecule has 8 heteroatoms. The molecule has 7 nitrogen and oxygen atoms in total. The monoisotopic (exact) mass is 329 g/mol. The summed E-state index contributed by atoms with van der Waals surface area (Å²) >= 11 is 0. The number of ketones is 1. The van der Waals surface area contributed by atoms with Gasteiger partial charge in [-0.25, -0.2) is 4.79 Å². The van der Waals surface area contributed by atoms with Gasteiger partial charge in [0.2, 0.25) is 0 Å². The standard InChI is InChI=1S/C14H20NO6P/c1-11(13(16)10-22(18,19-2)20-3)15-14(17)21-9-12-7-5-4-6-8-12/h4-8,11H,9-10H2,1-3H3,(H,15,17)/t11-/m0/s1. The summed E-state index contributed by atoms with van der Waals surface area (Å²) in [5.41, 5.74) is 0.833. The van der Waals surface area contributed by atoms with Gasteiger partial charge in [-0.15, -0.1) is 0 Å². The lowest BCUT2D eigenvalue weighted by molar-refractivity contribution is -0.118. The number of benzene rings is 1. The van der Waals surface area contributed by atoms with E-state index in [9.17, 15) is 14.2 Å². The maximum absolute atomic E-state index is 11.9. The van der Waals surface area contributed by atoms with Gasteiger partial charge in [-0.2, -0.15) is 0 Å². The van der Waals surface area contributed by atoms with Gasteiger partial charge in [-0.3, -0.25) is 9.36 Å². The van der Waals surface area contributed by atoms with Gasteiger partial charge >= 0.3 is 13.7 Å². The number of hydrogen-bond acceptors (Lipinski definition) is 6. The van der Waals surface area contributed by atoms with Gasteiger partial charge in [-0.05, 0) is 12.5 Å². The van der Waals surface area contributed by atoms with Crippen LogP contribution in [0.5, 0.6) is 0 Å². The highest BCUT2D eigenvalue weighted by molar-refractivity contribution is 7.54. The van der Waals surface area contributed by atoms with Crippen molar-refractivity contribution < 1.29 is 27.9 Å². The van der Waals surface area contributed by atoms with E-state index in [1.165, 1.54) is 21.1 Å². The van der Waals surface area contributed by atoms with Crippen LogP contribution in [0.3, 0.4) is 0 Å². The van der Waals surface area contributed by atoms with E-state index in [0.717, 1.165) is 5.56 Å². The number of Topliss-reactive ketones (excluding diaryl/α,β-unsaturated/α-hetero) is 1. The van der Waals surface area contributed by atoms with Gasteiger partial charge in [-0.1, -0.05) is 30.3 Å². The predicted molar refractivity (Wildman–Crippen MR) is 80.7 cm³/mol. The fourth-order valence-corrected chi connectivity index (χ4v) is 2.62. The van der Waals surface area contributed by atoms with E-state index in [2.05, 4.69) is 14.4 Å². The van der Waals surface area contributed by atoms with Crippen molar-refractivity contribution in [3.05, 3.63) is 35.9 Å². The number of carbonyl (C=O) groups is 2. The first-order chi connectivity index (χ1) is 10.4. The minimum absolute atomic E-state index is 0.0994. The summed E-state index contributed by atoms with van der Waals surface area (Å²) in [6, 6.07) is 8.28. The van der Waals surface area contributed by atoms with Gasteiger partial charge in [0.15, 0.2) is 5.78 Å². The maximum atomic E-state index is 11.9. The maximum Gasteiger partial charge on any atom is 0.408 e. The summed E-state index contributed by atoms with van der Waals surface area (Å²) in [6.45, 7) is 1.57. The normalized spacial score (nSPS) is 12.5. The Bertz CT molecular complexity index is 540. The zero-order chi connectivity index (χ0) is 16.6. The number of rotatable bonds is 8. The van der Waals surface area contributed by atoms with Crippen LogP contribution in [-0.2, 0) is 29.8 Å². The number of amides is 1. The Kier molecular flexibility index (Phi) is 7.24. The van der Waals surface area contributed by atoms with E-state index in [-0.39, 0.29) is 6.61 Å². The van der Waals surface area contributed by atoms with Crippen LogP contribution in [0.1, 0.15) is 12.5 Å². The molecule has 1 atom stereocenters. The highest BCUT2D eigenvalue weighted by Crippen LogP contribution is 2.46. The van der Waals surface area contributed by atoms with Crippen molar-refractivity contribution in [3.63, 3.8) is 0 Å². The SMILES string of the molecule is COP(=O)(CC(=O)[C@H](C)NC(=O)OCc1ccccc1)OC. The summed E-state index contributed by atoms with van der Waals surface area (Å²) in [5, 5.41) is 2.38. The van der Waals surface area contributed by atoms with Crippen molar-refractivity contribution in [1.29, 1.82) is 0 Å². The van der Waals surface area contributed by atoms with Crippen LogP contribution in [0.2, 0.25) is 0 Å². The van der Waals surface area contributed by atoms with Crippen molar-refractivity contribution in [1.82, 2.24) is 5.32 Å². The predicted octanol–water partition coefficient (Wildman–Crippen LogP) is 2.36. The first kappa shape index (κ1) is 18.4. The van der Waals surface area contributed by atoms with Gasteiger partial charge in [0.1, 0.15) is 12.8 Å². The largest absolute Gasteiger partial charge is 0.445 e. The molecule has 0 saturated heterocycles. The quantitative estimate of drug-likeness (QED) is 0.736. The van der Waals surface area contributed by atoms with E-state index >= 15 is 0 Å². The molecule has 1 aromatic carbocycles. The fraction of sp³-hybridized carbons (Fsp3) is 0.429. The number of hydrogen-bond donors (Lipinski definition) is 1. The average molecular weight is 329 g/mol. The third kappa shape index (κ3) is 5.97. The molecule has 0 fully saturated rings. The van der Waals surface area contributed by atoms with Crippen LogP contribution in [0.15, 0.2) is 30.3 Å². The molecule has 0 bridgehead atoms. The summed E-state index contributed by atoms with van der Waals surface area (Å²) < 4.78 is 26.2. The molecule has 0 aliphatic rings. The minimum atomic E-state index is -3.44. The lowest BCUT2D eigenvalue weighted by atomic mass is 10.2. The zero-order valence-corrected chi connectivity index (χ0v) is 13.7. The molecule has 1 rings (SSSR count). The Morgan fingerprint density at radius 3 is 2.32 bits per heavy atom. The summed E-state index contributed by atoms with van der Waals surface area (Å²) in [4.78, 5) is 23.5. The van der Waals surface area contributed by atoms with Crippen LogP contribution in [-0.4, -0.2) is 38.3 Å². The van der Waals surface area contributed by atoms with Crippen LogP contribution >= 0.6 is 7.60 Å². The summed E-state index contributed by atoms with van der Waals surface area (Å²) in [5.74, 6) is -0.469. The first-order valence-corrected chi connectivity index (χ1v) is 8.33. The summed E-state index contributed by atoms with van der Waals surface area (Å²) in [7, 11) is -1.04. The van der Waals surface area contributed by atoms with Crippen LogP contribution < -0.4 is 5.32 Å². The number of carbonyl (C=O) groups excluding carboxylic acids is 2. The third-order valence-corrected chi connectivity index (χ3v) is 4.75. The number of nitrogens with one attached hydrogen (secondary N) is 1. The highest BCUT2D eigenvalue weighted by Gasteiger charge is 2.29. The van der Waals surface area contributed by atoms with Gasteiger partial charge in [0.05, 0.1) is 6.04 Å². The van der Waals surface area contributed by atoms with E-state index < -0.39 is 31.7 Å². The van der Waals surface area contributed by atoms with Crippen molar-refractivity contribution in [2.75, 3.05) is 20.4 Å². The molecule has 22 heavy (non-hydrogen) atoms. The van der Waals surface area contributed by atoms with Crippen LogP contribution in [0, 0.1) is 0 Å². The second-order valence-corrected chi connectivity index (χ2v) is 6.80. The molecule has 1 amide bonds. The number of alkyl carbamates (subject to hydrolysis) is 1. The zero-order valence-electron chi connectivity index (χ0n) is 12.8. The lowest BCUT2D eigenvalue weighted by Gasteiger charge is -2.16. The van der Waals surface area contributed by atoms with Gasteiger partial charge in [0, 0.05) is 14.2 Å². The van der Waals surface area contributed by atoms with E-state index in [1.54, 1.807) is 0 Å². The Morgan fingerprint density at radius 2 is 1.77 bits per heavy atom. The van der Waals surface area contributed by atoms with Crippen LogP contribution in [0.25, 0.3) is 0 Å². The average Bonchev–Trinajstić information content (AvgIpc) is 2.53. The van der Waals surface area contributed by atoms with Gasteiger partial charge < -0.3 is 19.1 Å². The highest BCUT2D eigenvalue weighted by atomic mass is 31.2. The number of ether oxygens (including phenoxy) is 1. The first-order valence-electron chi connectivity index (χ1n) is 6.60. The molecule has 0 spiro atoms. The van der Waals surface area contributed by atoms with Crippen molar-refractivity contribution in [2.45, 2.75) is 19.6 Å². The molecular weight excluding hydrogens is 309 g/mol. The van der Waals surface area contributed by atoms with Crippen LogP contribution in [0.4, 0.5) is 4.79 Å². The van der Waals surface area contributed by atoms with Crippen molar-refractivity contribution in [2.24, 2.45) is 0 Å². The van der Waals surface area contributed by atoms with Crippen molar-refractivity contribution >= 4 is 19.5 Å². The molecule has 122 valence electrons. The van der Waals surface area contributed by atoms with E-state index in [0.29, 0.717) is 0 Å². The molecule has 0 heterocycles. The molecule has 0 aromatic heterocycles. The lowest BCUT2D eigenvalue weighted by Crippen LogP contribution is -2.40. The minimum Gasteiger partial charge on any atom is -0.445 e. The Hall–Kier alpha value is -1.69. The Labute approximate surface area is 129 Å². The fourth-order valence-electron chi connectivity index (χ4n) is 1.55. The Morgan fingerprint density at radius 1 is 1.18 bits per heavy atom. The molecule has 0 aliphatic heterocycles. The molecule has 1 N–H and O–H groups in total. The molecule has 0 aliphatic carbocycles. The third-order valence-electron chi connectivity index (χ3n) is 2.94. The molecular formula is C14H20NO6P. The molecule has 0 saturated carbocycles.